The Balaban J connectivity index is 1.37. The molecule has 0 aliphatic rings. The van der Waals surface area contributed by atoms with Crippen molar-refractivity contribution in [2.24, 2.45) is 0 Å². The maximum atomic E-state index is 13.0. The molecule has 0 saturated carbocycles. The van der Waals surface area contributed by atoms with Crippen molar-refractivity contribution >= 4 is 16.8 Å². The quantitative estimate of drug-likeness (QED) is 0.326. The SMILES string of the molecule is O=C(NCC(O)c1ccccc1)c1ccccc1Oc1nn(Cc2ccccc2)c2ccccc12. The van der Waals surface area contributed by atoms with Gasteiger partial charge >= 0.3 is 0 Å². The minimum absolute atomic E-state index is 0.0891. The zero-order chi connectivity index (χ0) is 24.0. The minimum atomic E-state index is -0.800. The fourth-order valence-electron chi connectivity index (χ4n) is 3.97. The molecule has 1 atom stereocenters. The van der Waals surface area contributed by atoms with Crippen molar-refractivity contribution in [3.8, 4) is 11.6 Å². The normalized spacial score (nSPS) is 11.8. The predicted octanol–water partition coefficient (Wildman–Crippen LogP) is 5.34. The van der Waals surface area contributed by atoms with Crippen molar-refractivity contribution in [2.45, 2.75) is 12.6 Å². The van der Waals surface area contributed by atoms with Crippen molar-refractivity contribution in [3.05, 3.63) is 126 Å². The Hall–Kier alpha value is -4.42. The van der Waals surface area contributed by atoms with Crippen LogP contribution in [0.2, 0.25) is 0 Å². The average molecular weight is 464 g/mol. The van der Waals surface area contributed by atoms with Crippen molar-refractivity contribution in [1.29, 1.82) is 0 Å². The number of nitrogens with zero attached hydrogens (tertiary/aromatic N) is 2. The number of amides is 1. The number of aliphatic hydroxyl groups excluding tert-OH is 1. The number of aromatic nitrogens is 2. The van der Waals surface area contributed by atoms with Gasteiger partial charge in [0.2, 0.25) is 5.88 Å². The standard InChI is InChI=1S/C29H25N3O3/c33-26(22-13-5-2-6-14-22)19-30-28(34)24-16-8-10-18-27(24)35-29-23-15-7-9-17-25(23)32(31-29)20-21-11-3-1-4-12-21/h1-18,26,33H,19-20H2,(H,30,34). The van der Waals surface area contributed by atoms with Gasteiger partial charge in [-0.2, -0.15) is 0 Å². The molecule has 0 bridgehead atoms. The van der Waals surface area contributed by atoms with E-state index in [2.05, 4.69) is 17.4 Å². The van der Waals surface area contributed by atoms with Gasteiger partial charge in [-0.15, -0.1) is 5.10 Å². The van der Waals surface area contributed by atoms with Crippen molar-refractivity contribution in [1.82, 2.24) is 15.1 Å². The smallest absolute Gasteiger partial charge is 0.255 e. The van der Waals surface area contributed by atoms with Gasteiger partial charge in [-0.25, -0.2) is 0 Å². The van der Waals surface area contributed by atoms with Gasteiger partial charge < -0.3 is 15.2 Å². The van der Waals surface area contributed by atoms with Crippen LogP contribution in [0.15, 0.2) is 109 Å². The highest BCUT2D eigenvalue weighted by atomic mass is 16.5. The highest BCUT2D eigenvalue weighted by Crippen LogP contribution is 2.31. The van der Waals surface area contributed by atoms with Crippen LogP contribution in [0.3, 0.4) is 0 Å². The number of fused-ring (bicyclic) bond motifs is 1. The van der Waals surface area contributed by atoms with Gasteiger partial charge in [-0.3, -0.25) is 9.48 Å². The van der Waals surface area contributed by atoms with Crippen LogP contribution < -0.4 is 10.1 Å². The second-order valence-corrected chi connectivity index (χ2v) is 8.20. The number of carbonyl (C=O) groups excluding carboxylic acids is 1. The van der Waals surface area contributed by atoms with Gasteiger partial charge in [0.15, 0.2) is 0 Å². The van der Waals surface area contributed by atoms with E-state index in [4.69, 9.17) is 9.84 Å². The Morgan fingerprint density at radius 3 is 2.31 bits per heavy atom. The Morgan fingerprint density at radius 1 is 0.857 bits per heavy atom. The third-order valence-corrected chi connectivity index (χ3v) is 5.78. The van der Waals surface area contributed by atoms with Crippen LogP contribution in [0.1, 0.15) is 27.6 Å². The predicted molar refractivity (Wildman–Crippen MR) is 136 cm³/mol. The molecular weight excluding hydrogens is 438 g/mol. The molecule has 0 aliphatic heterocycles. The van der Waals surface area contributed by atoms with Crippen LogP contribution in [0.5, 0.6) is 11.6 Å². The summed E-state index contributed by atoms with van der Waals surface area (Å²) < 4.78 is 8.10. The molecule has 2 N–H and O–H groups in total. The minimum Gasteiger partial charge on any atom is -0.436 e. The zero-order valence-electron chi connectivity index (χ0n) is 19.0. The van der Waals surface area contributed by atoms with E-state index in [1.54, 1.807) is 18.2 Å². The van der Waals surface area contributed by atoms with E-state index in [1.165, 1.54) is 0 Å². The van der Waals surface area contributed by atoms with Crippen LogP contribution in [0.4, 0.5) is 0 Å². The Bertz CT molecular complexity index is 1430. The molecule has 1 amide bonds. The topological polar surface area (TPSA) is 76.4 Å². The van der Waals surface area contributed by atoms with Gasteiger partial charge in [-0.05, 0) is 35.4 Å². The third-order valence-electron chi connectivity index (χ3n) is 5.78. The van der Waals surface area contributed by atoms with E-state index in [0.717, 1.165) is 22.0 Å². The lowest BCUT2D eigenvalue weighted by molar-refractivity contribution is 0.0914. The van der Waals surface area contributed by atoms with Crippen LogP contribution in [0, 0.1) is 0 Å². The van der Waals surface area contributed by atoms with Gasteiger partial charge in [0.25, 0.3) is 5.91 Å². The van der Waals surface area contributed by atoms with Gasteiger partial charge in [0, 0.05) is 6.54 Å². The molecular formula is C29H25N3O3. The summed E-state index contributed by atoms with van der Waals surface area (Å²) in [5.74, 6) is 0.499. The second-order valence-electron chi connectivity index (χ2n) is 8.20. The molecule has 35 heavy (non-hydrogen) atoms. The molecule has 0 spiro atoms. The van der Waals surface area contributed by atoms with E-state index in [-0.39, 0.29) is 12.5 Å². The van der Waals surface area contributed by atoms with Crippen LogP contribution in [-0.4, -0.2) is 27.3 Å². The summed E-state index contributed by atoms with van der Waals surface area (Å²) in [6, 6.07) is 34.2. The molecule has 0 saturated heterocycles. The summed E-state index contributed by atoms with van der Waals surface area (Å²) in [5.41, 5.74) is 3.19. The molecule has 5 rings (SSSR count). The monoisotopic (exact) mass is 463 g/mol. The van der Waals surface area contributed by atoms with E-state index in [0.29, 0.717) is 23.7 Å². The van der Waals surface area contributed by atoms with E-state index in [1.807, 2.05) is 83.5 Å². The first-order valence-corrected chi connectivity index (χ1v) is 11.5. The third kappa shape index (κ3) is 5.08. The summed E-state index contributed by atoms with van der Waals surface area (Å²) >= 11 is 0. The second kappa shape index (κ2) is 10.2. The van der Waals surface area contributed by atoms with Crippen LogP contribution in [0.25, 0.3) is 10.9 Å². The fourth-order valence-corrected chi connectivity index (χ4v) is 3.97. The van der Waals surface area contributed by atoms with Crippen molar-refractivity contribution in [2.75, 3.05) is 6.54 Å². The fraction of sp³-hybridized carbons (Fsp3) is 0.103. The molecule has 174 valence electrons. The molecule has 0 aliphatic carbocycles. The van der Waals surface area contributed by atoms with Crippen molar-refractivity contribution in [3.63, 3.8) is 0 Å². The highest BCUT2D eigenvalue weighted by molar-refractivity contribution is 5.97. The Kier molecular flexibility index (Phi) is 6.55. The Labute approximate surface area is 203 Å². The molecule has 4 aromatic carbocycles. The molecule has 1 aromatic heterocycles. The summed E-state index contributed by atoms with van der Waals surface area (Å²) in [6.07, 6.45) is -0.800. The number of ether oxygens (including phenoxy) is 1. The highest BCUT2D eigenvalue weighted by Gasteiger charge is 2.18. The van der Waals surface area contributed by atoms with E-state index >= 15 is 0 Å². The lowest BCUT2D eigenvalue weighted by Crippen LogP contribution is -2.28. The number of nitrogens with one attached hydrogen (secondary N) is 1. The summed E-state index contributed by atoms with van der Waals surface area (Å²) in [6.45, 7) is 0.691. The summed E-state index contributed by atoms with van der Waals surface area (Å²) in [7, 11) is 0. The summed E-state index contributed by atoms with van der Waals surface area (Å²) in [5, 5.41) is 18.8. The first kappa shape index (κ1) is 22.4. The number of benzene rings is 4. The van der Waals surface area contributed by atoms with Gasteiger partial charge in [0.1, 0.15) is 5.75 Å². The van der Waals surface area contributed by atoms with E-state index < -0.39 is 6.10 Å². The molecule has 0 fully saturated rings. The zero-order valence-corrected chi connectivity index (χ0v) is 19.0. The molecule has 5 aromatic rings. The summed E-state index contributed by atoms with van der Waals surface area (Å²) in [4.78, 5) is 13.0. The number of rotatable bonds is 8. The molecule has 6 heteroatoms. The number of para-hydroxylation sites is 2. The number of hydrogen-bond acceptors (Lipinski definition) is 4. The van der Waals surface area contributed by atoms with Gasteiger partial charge in [-0.1, -0.05) is 84.9 Å². The number of aliphatic hydroxyl groups is 1. The Morgan fingerprint density at radius 2 is 1.51 bits per heavy atom. The molecule has 0 radical (unpaired) electrons. The van der Waals surface area contributed by atoms with E-state index in [9.17, 15) is 9.90 Å². The largest absolute Gasteiger partial charge is 0.436 e. The molecule has 1 unspecified atom stereocenters. The number of hydrogen-bond donors (Lipinski definition) is 2. The first-order valence-electron chi connectivity index (χ1n) is 11.5. The lowest BCUT2D eigenvalue weighted by atomic mass is 10.1. The van der Waals surface area contributed by atoms with Gasteiger partial charge in [0.05, 0.1) is 29.1 Å². The number of carbonyl (C=O) groups is 1. The first-order chi connectivity index (χ1) is 17.2. The van der Waals surface area contributed by atoms with Crippen LogP contribution >= 0.6 is 0 Å². The molecule has 1 heterocycles. The van der Waals surface area contributed by atoms with Crippen LogP contribution in [-0.2, 0) is 6.54 Å². The molecule has 6 nitrogen and oxygen atoms in total. The lowest BCUT2D eigenvalue weighted by Gasteiger charge is -2.14. The maximum Gasteiger partial charge on any atom is 0.255 e. The maximum absolute atomic E-state index is 13.0. The average Bonchev–Trinajstić information content (AvgIpc) is 3.25. The van der Waals surface area contributed by atoms with Crippen molar-refractivity contribution < 1.29 is 14.6 Å².